The molecule has 0 unspecified atom stereocenters. The third-order valence-electron chi connectivity index (χ3n) is 3.78. The van der Waals surface area contributed by atoms with Gasteiger partial charge < -0.3 is 10.1 Å². The van der Waals surface area contributed by atoms with Crippen molar-refractivity contribution in [3.8, 4) is 5.69 Å². The standard InChI is InChI=1S/C15H13N3O4/c1-7-8(2)13(19)16-12-11(7)14(20)18(17-12)10-5-3-9(4-6-10)15(21)22/h3-6H,1-2H3,(H,21,22)(H2,16,17,19). The zero-order valence-corrected chi connectivity index (χ0v) is 11.9. The molecule has 0 bridgehead atoms. The molecule has 3 N–H and O–H groups in total. The number of H-pyrrole nitrogens is 2. The SMILES string of the molecule is Cc1c(C)c2c(=O)n(-c3ccc(C(=O)O)cc3)[nH]c2[nH]c1=O. The van der Waals surface area contributed by atoms with Gasteiger partial charge in [0.1, 0.15) is 5.65 Å². The van der Waals surface area contributed by atoms with Crippen molar-refractivity contribution in [1.29, 1.82) is 0 Å². The molecule has 2 heterocycles. The summed E-state index contributed by atoms with van der Waals surface area (Å²) in [5.74, 6) is -1.04. The lowest BCUT2D eigenvalue weighted by Crippen LogP contribution is -2.16. The Morgan fingerprint density at radius 3 is 2.32 bits per heavy atom. The summed E-state index contributed by atoms with van der Waals surface area (Å²) >= 11 is 0. The maximum Gasteiger partial charge on any atom is 0.335 e. The summed E-state index contributed by atoms with van der Waals surface area (Å²) in [6.07, 6.45) is 0. The van der Waals surface area contributed by atoms with Crippen LogP contribution in [0.5, 0.6) is 0 Å². The van der Waals surface area contributed by atoms with Crippen LogP contribution in [0.25, 0.3) is 16.7 Å². The average Bonchev–Trinajstić information content (AvgIpc) is 2.82. The first-order valence-corrected chi connectivity index (χ1v) is 6.58. The van der Waals surface area contributed by atoms with Gasteiger partial charge in [-0.2, -0.15) is 0 Å². The summed E-state index contributed by atoms with van der Waals surface area (Å²) in [6.45, 7) is 3.38. The summed E-state index contributed by atoms with van der Waals surface area (Å²) < 4.78 is 1.28. The van der Waals surface area contributed by atoms with Crippen molar-refractivity contribution < 1.29 is 9.90 Å². The van der Waals surface area contributed by atoms with E-state index in [0.717, 1.165) is 0 Å². The molecule has 0 spiro atoms. The second-order valence-electron chi connectivity index (χ2n) is 5.06. The summed E-state index contributed by atoms with van der Waals surface area (Å²) in [5.41, 5.74) is 1.55. The minimum absolute atomic E-state index is 0.133. The number of carboxylic acid groups (broad SMARTS) is 1. The summed E-state index contributed by atoms with van der Waals surface area (Å²) in [5, 5.41) is 12.2. The van der Waals surface area contributed by atoms with E-state index >= 15 is 0 Å². The Kier molecular flexibility index (Phi) is 2.98. The highest BCUT2D eigenvalue weighted by Gasteiger charge is 2.14. The van der Waals surface area contributed by atoms with Crippen molar-refractivity contribution in [2.24, 2.45) is 0 Å². The average molecular weight is 299 g/mol. The molecule has 112 valence electrons. The zero-order chi connectivity index (χ0) is 16.0. The molecule has 0 fully saturated rings. The van der Waals surface area contributed by atoms with E-state index in [1.165, 1.54) is 28.9 Å². The highest BCUT2D eigenvalue weighted by Crippen LogP contribution is 2.14. The van der Waals surface area contributed by atoms with Crippen LogP contribution in [0.15, 0.2) is 33.9 Å². The van der Waals surface area contributed by atoms with Crippen LogP contribution < -0.4 is 11.1 Å². The molecule has 0 aliphatic heterocycles. The lowest BCUT2D eigenvalue weighted by molar-refractivity contribution is 0.0697. The number of nitrogens with zero attached hydrogens (tertiary/aromatic N) is 1. The second kappa shape index (κ2) is 4.73. The fourth-order valence-electron chi connectivity index (χ4n) is 2.38. The summed E-state index contributed by atoms with van der Waals surface area (Å²) in [4.78, 5) is 37.8. The van der Waals surface area contributed by atoms with Crippen molar-refractivity contribution >= 4 is 17.0 Å². The molecule has 0 amide bonds. The van der Waals surface area contributed by atoms with Gasteiger partial charge in [0.15, 0.2) is 0 Å². The van der Waals surface area contributed by atoms with Crippen molar-refractivity contribution in [3.63, 3.8) is 0 Å². The molecule has 0 aliphatic rings. The smallest absolute Gasteiger partial charge is 0.335 e. The van der Waals surface area contributed by atoms with Gasteiger partial charge in [0.2, 0.25) is 0 Å². The Labute approximate surface area is 123 Å². The summed E-state index contributed by atoms with van der Waals surface area (Å²) in [7, 11) is 0. The van der Waals surface area contributed by atoms with Crippen LogP contribution in [0.1, 0.15) is 21.5 Å². The fourth-order valence-corrected chi connectivity index (χ4v) is 2.38. The van der Waals surface area contributed by atoms with Gasteiger partial charge >= 0.3 is 5.97 Å². The van der Waals surface area contributed by atoms with Crippen molar-refractivity contribution in [3.05, 3.63) is 61.7 Å². The maximum atomic E-state index is 12.5. The van der Waals surface area contributed by atoms with E-state index in [4.69, 9.17) is 5.11 Å². The van der Waals surface area contributed by atoms with Crippen LogP contribution in [-0.4, -0.2) is 25.8 Å². The topological polar surface area (TPSA) is 108 Å². The number of benzene rings is 1. The molecular weight excluding hydrogens is 286 g/mol. The molecule has 3 aromatic rings. The molecule has 22 heavy (non-hydrogen) atoms. The highest BCUT2D eigenvalue weighted by molar-refractivity contribution is 5.87. The number of nitrogens with one attached hydrogen (secondary N) is 2. The Hall–Kier alpha value is -3.09. The number of pyridine rings is 1. The molecule has 7 nitrogen and oxygen atoms in total. The third-order valence-corrected chi connectivity index (χ3v) is 3.78. The number of fused-ring (bicyclic) bond motifs is 1. The first-order chi connectivity index (χ1) is 10.4. The number of carboxylic acids is 1. The number of rotatable bonds is 2. The monoisotopic (exact) mass is 299 g/mol. The van der Waals surface area contributed by atoms with Gasteiger partial charge in [-0.15, -0.1) is 0 Å². The molecular formula is C15H13N3O4. The molecule has 2 aromatic heterocycles. The number of carbonyl (C=O) groups is 1. The first-order valence-electron chi connectivity index (χ1n) is 6.58. The minimum Gasteiger partial charge on any atom is -0.478 e. The van der Waals surface area contributed by atoms with Crippen LogP contribution >= 0.6 is 0 Å². The van der Waals surface area contributed by atoms with E-state index in [-0.39, 0.29) is 16.7 Å². The second-order valence-corrected chi connectivity index (χ2v) is 5.06. The lowest BCUT2D eigenvalue weighted by Gasteiger charge is -2.01. The van der Waals surface area contributed by atoms with Gasteiger partial charge in [-0.05, 0) is 43.7 Å². The normalized spacial score (nSPS) is 11.0. The van der Waals surface area contributed by atoms with Gasteiger partial charge in [0, 0.05) is 5.56 Å². The fraction of sp³-hybridized carbons (Fsp3) is 0.133. The van der Waals surface area contributed by atoms with Crippen LogP contribution in [0.3, 0.4) is 0 Å². The van der Waals surface area contributed by atoms with Crippen LogP contribution in [-0.2, 0) is 0 Å². The van der Waals surface area contributed by atoms with E-state index in [1.54, 1.807) is 13.8 Å². The van der Waals surface area contributed by atoms with E-state index in [2.05, 4.69) is 10.1 Å². The number of hydrogen-bond acceptors (Lipinski definition) is 3. The molecule has 3 rings (SSSR count). The first kappa shape index (κ1) is 13.9. The van der Waals surface area contributed by atoms with Crippen molar-refractivity contribution in [2.75, 3.05) is 0 Å². The predicted octanol–water partition coefficient (Wildman–Crippen LogP) is 1.32. The largest absolute Gasteiger partial charge is 0.478 e. The number of aromatic carboxylic acids is 1. The minimum atomic E-state index is -1.04. The Bertz CT molecular complexity index is 1010. The van der Waals surface area contributed by atoms with Crippen LogP contribution in [0.4, 0.5) is 0 Å². The molecule has 7 heteroatoms. The molecule has 0 saturated carbocycles. The predicted molar refractivity (Wildman–Crippen MR) is 80.9 cm³/mol. The molecule has 0 radical (unpaired) electrons. The Morgan fingerprint density at radius 2 is 1.73 bits per heavy atom. The van der Waals surface area contributed by atoms with E-state index in [9.17, 15) is 14.4 Å². The number of aromatic amines is 2. The molecule has 0 atom stereocenters. The van der Waals surface area contributed by atoms with E-state index in [0.29, 0.717) is 27.8 Å². The molecule has 0 aliphatic carbocycles. The van der Waals surface area contributed by atoms with Gasteiger partial charge in [-0.25, -0.2) is 9.48 Å². The van der Waals surface area contributed by atoms with Crippen molar-refractivity contribution in [2.45, 2.75) is 13.8 Å². The van der Waals surface area contributed by atoms with Gasteiger partial charge in [-0.3, -0.25) is 14.7 Å². The van der Waals surface area contributed by atoms with Gasteiger partial charge in [0.25, 0.3) is 11.1 Å². The molecule has 1 aromatic carbocycles. The Balaban J connectivity index is 2.26. The molecule has 0 saturated heterocycles. The lowest BCUT2D eigenvalue weighted by atomic mass is 10.1. The quantitative estimate of drug-likeness (QED) is 0.663. The van der Waals surface area contributed by atoms with E-state index < -0.39 is 5.97 Å². The highest BCUT2D eigenvalue weighted by atomic mass is 16.4. The Morgan fingerprint density at radius 1 is 1.09 bits per heavy atom. The zero-order valence-electron chi connectivity index (χ0n) is 11.9. The number of hydrogen-bond donors (Lipinski definition) is 3. The number of aromatic nitrogens is 3. The van der Waals surface area contributed by atoms with Gasteiger partial charge in [0.05, 0.1) is 16.6 Å². The van der Waals surface area contributed by atoms with Gasteiger partial charge in [-0.1, -0.05) is 0 Å². The summed E-state index contributed by atoms with van der Waals surface area (Å²) in [6, 6.07) is 5.88. The van der Waals surface area contributed by atoms with Crippen LogP contribution in [0, 0.1) is 13.8 Å². The third kappa shape index (κ3) is 1.95. The maximum absolute atomic E-state index is 12.5. The van der Waals surface area contributed by atoms with Crippen LogP contribution in [0.2, 0.25) is 0 Å². The number of aryl methyl sites for hydroxylation is 1. The van der Waals surface area contributed by atoms with Crippen molar-refractivity contribution in [1.82, 2.24) is 14.8 Å². The van der Waals surface area contributed by atoms with E-state index in [1.807, 2.05) is 0 Å².